The summed E-state index contributed by atoms with van der Waals surface area (Å²) in [7, 11) is 0. The maximum absolute atomic E-state index is 13.2. The molecule has 8 heteroatoms. The number of amides is 1. The van der Waals surface area contributed by atoms with Gasteiger partial charge < -0.3 is 9.64 Å². The van der Waals surface area contributed by atoms with Crippen LogP contribution in [0.1, 0.15) is 19.3 Å². The Hall–Kier alpha value is -1.11. The lowest BCUT2D eigenvalue weighted by Gasteiger charge is -2.33. The monoisotopic (exact) mass is 380 g/mol. The minimum absolute atomic E-state index is 0. The molecular weight excluding hydrogens is 361 g/mol. The summed E-state index contributed by atoms with van der Waals surface area (Å²) in [6, 6.07) is 6.49. The van der Waals surface area contributed by atoms with E-state index >= 15 is 0 Å². The average Bonchev–Trinajstić information content (AvgIpc) is 2.90. The summed E-state index contributed by atoms with van der Waals surface area (Å²) >= 11 is 6.07. The van der Waals surface area contributed by atoms with Crippen molar-refractivity contribution in [1.82, 2.24) is 10.2 Å². The molecule has 2 aliphatic heterocycles. The van der Waals surface area contributed by atoms with E-state index in [1.807, 2.05) is 18.2 Å². The highest BCUT2D eigenvalue weighted by Gasteiger charge is 2.43. The number of nitrogens with one attached hydrogen (secondary N) is 1. The van der Waals surface area contributed by atoms with Crippen molar-refractivity contribution >= 4 is 29.9 Å². The molecular formula is C16H20Cl2F2N2O2. The van der Waals surface area contributed by atoms with E-state index in [0.29, 0.717) is 36.7 Å². The number of carbonyl (C=O) groups is 1. The molecule has 1 aromatic rings. The molecule has 0 saturated carbocycles. The van der Waals surface area contributed by atoms with E-state index in [0.717, 1.165) is 0 Å². The van der Waals surface area contributed by atoms with Crippen LogP contribution >= 0.6 is 24.0 Å². The number of hydrogen-bond donors (Lipinski definition) is 1. The summed E-state index contributed by atoms with van der Waals surface area (Å²) in [5, 5.41) is 3.17. The van der Waals surface area contributed by atoms with Gasteiger partial charge in [-0.2, -0.15) is 0 Å². The summed E-state index contributed by atoms with van der Waals surface area (Å²) in [6.45, 7) is 0.602. The van der Waals surface area contributed by atoms with Crippen LogP contribution in [0.4, 0.5) is 8.78 Å². The smallest absolute Gasteiger partial charge is 0.262 e. The number of benzene rings is 1. The molecule has 0 aromatic heterocycles. The van der Waals surface area contributed by atoms with Gasteiger partial charge in [-0.05, 0) is 12.1 Å². The number of nitrogens with zero attached hydrogens (tertiary/aromatic N) is 1. The first-order chi connectivity index (χ1) is 10.9. The second kappa shape index (κ2) is 7.85. The molecule has 134 valence electrons. The van der Waals surface area contributed by atoms with Crippen molar-refractivity contribution in [3.63, 3.8) is 0 Å². The van der Waals surface area contributed by atoms with Gasteiger partial charge in [-0.25, -0.2) is 8.78 Å². The summed E-state index contributed by atoms with van der Waals surface area (Å²) in [4.78, 5) is 13.9. The van der Waals surface area contributed by atoms with Gasteiger partial charge in [0.15, 0.2) is 0 Å². The van der Waals surface area contributed by atoms with Gasteiger partial charge >= 0.3 is 0 Å². The summed E-state index contributed by atoms with van der Waals surface area (Å²) in [5.74, 6) is -2.39. The Bertz CT molecular complexity index is 581. The zero-order valence-corrected chi connectivity index (χ0v) is 14.6. The number of ether oxygens (including phenoxy) is 1. The molecule has 0 radical (unpaired) electrons. The highest BCUT2D eigenvalue weighted by Crippen LogP contribution is 2.29. The molecule has 1 unspecified atom stereocenters. The number of carbonyl (C=O) groups excluding carboxylic acids is 1. The summed E-state index contributed by atoms with van der Waals surface area (Å²) in [6.07, 6.45) is 0.902. The van der Waals surface area contributed by atoms with Crippen molar-refractivity contribution in [2.45, 2.75) is 37.3 Å². The fourth-order valence-corrected chi connectivity index (χ4v) is 3.20. The third-order valence-electron chi connectivity index (χ3n) is 4.29. The number of para-hydroxylation sites is 1. The molecule has 0 bridgehead atoms. The van der Waals surface area contributed by atoms with Crippen LogP contribution in [-0.2, 0) is 4.79 Å². The van der Waals surface area contributed by atoms with Gasteiger partial charge in [0.1, 0.15) is 11.9 Å². The molecule has 2 saturated heterocycles. The lowest BCUT2D eigenvalue weighted by atomic mass is 10.1. The normalized spacial score (nSPS) is 23.6. The second-order valence-corrected chi connectivity index (χ2v) is 6.47. The largest absolute Gasteiger partial charge is 0.489 e. The number of likely N-dealkylation sites (tertiary alicyclic amines) is 1. The third kappa shape index (κ3) is 4.49. The van der Waals surface area contributed by atoms with Crippen LogP contribution < -0.4 is 10.1 Å². The van der Waals surface area contributed by atoms with E-state index < -0.39 is 24.9 Å². The van der Waals surface area contributed by atoms with Crippen molar-refractivity contribution in [2.24, 2.45) is 0 Å². The van der Waals surface area contributed by atoms with Gasteiger partial charge in [0.2, 0.25) is 5.91 Å². The molecule has 1 aromatic carbocycles. The molecule has 2 heterocycles. The second-order valence-electron chi connectivity index (χ2n) is 6.07. The van der Waals surface area contributed by atoms with Gasteiger partial charge in [-0.3, -0.25) is 10.1 Å². The average molecular weight is 381 g/mol. The molecule has 2 fully saturated rings. The Morgan fingerprint density at radius 1 is 1.29 bits per heavy atom. The van der Waals surface area contributed by atoms with Crippen LogP contribution in [0.2, 0.25) is 5.02 Å². The van der Waals surface area contributed by atoms with Crippen molar-refractivity contribution in [2.75, 3.05) is 19.6 Å². The topological polar surface area (TPSA) is 41.6 Å². The molecule has 1 atom stereocenters. The molecule has 0 aliphatic carbocycles. The van der Waals surface area contributed by atoms with E-state index in [1.54, 1.807) is 11.0 Å². The van der Waals surface area contributed by atoms with Crippen LogP contribution in [0.25, 0.3) is 0 Å². The SMILES string of the molecule is Cl.O=C(C1CC(F)(F)CN1)N1CCC(Oc2ccccc2Cl)CC1. The van der Waals surface area contributed by atoms with Crippen molar-refractivity contribution in [3.8, 4) is 5.75 Å². The van der Waals surface area contributed by atoms with Gasteiger partial charge in [-0.15, -0.1) is 12.4 Å². The Labute approximate surface area is 150 Å². The Balaban J connectivity index is 0.00000208. The number of alkyl halides is 2. The molecule has 1 N–H and O–H groups in total. The molecule has 4 nitrogen and oxygen atoms in total. The minimum atomic E-state index is -2.79. The fraction of sp³-hybridized carbons (Fsp3) is 0.562. The summed E-state index contributed by atoms with van der Waals surface area (Å²) in [5.41, 5.74) is 0. The van der Waals surface area contributed by atoms with E-state index in [1.165, 1.54) is 0 Å². The Kier molecular flexibility index (Phi) is 6.28. The number of piperidine rings is 1. The minimum Gasteiger partial charge on any atom is -0.489 e. The zero-order chi connectivity index (χ0) is 16.4. The van der Waals surface area contributed by atoms with Crippen LogP contribution in [0, 0.1) is 0 Å². The summed E-state index contributed by atoms with van der Waals surface area (Å²) < 4.78 is 32.3. The predicted octanol–water partition coefficient (Wildman–Crippen LogP) is 3.13. The van der Waals surface area contributed by atoms with Gasteiger partial charge in [0, 0.05) is 32.4 Å². The molecule has 0 spiro atoms. The lowest BCUT2D eigenvalue weighted by Crippen LogP contribution is -2.48. The molecule has 24 heavy (non-hydrogen) atoms. The van der Waals surface area contributed by atoms with Crippen molar-refractivity contribution in [1.29, 1.82) is 0 Å². The first-order valence-electron chi connectivity index (χ1n) is 7.76. The lowest BCUT2D eigenvalue weighted by molar-refractivity contribution is -0.135. The van der Waals surface area contributed by atoms with Crippen LogP contribution in [0.5, 0.6) is 5.75 Å². The van der Waals surface area contributed by atoms with Gasteiger partial charge in [0.25, 0.3) is 5.92 Å². The Morgan fingerprint density at radius 2 is 1.96 bits per heavy atom. The van der Waals surface area contributed by atoms with Crippen LogP contribution in [0.15, 0.2) is 24.3 Å². The number of rotatable bonds is 3. The highest BCUT2D eigenvalue weighted by atomic mass is 35.5. The van der Waals surface area contributed by atoms with E-state index in [-0.39, 0.29) is 24.4 Å². The van der Waals surface area contributed by atoms with Gasteiger partial charge in [-0.1, -0.05) is 23.7 Å². The first-order valence-corrected chi connectivity index (χ1v) is 8.14. The number of halogens is 4. The third-order valence-corrected chi connectivity index (χ3v) is 4.60. The van der Waals surface area contributed by atoms with E-state index in [4.69, 9.17) is 16.3 Å². The van der Waals surface area contributed by atoms with Crippen molar-refractivity contribution in [3.05, 3.63) is 29.3 Å². The maximum Gasteiger partial charge on any atom is 0.262 e. The zero-order valence-electron chi connectivity index (χ0n) is 13.0. The molecule has 2 aliphatic rings. The Morgan fingerprint density at radius 3 is 2.54 bits per heavy atom. The molecule has 1 amide bonds. The van der Waals surface area contributed by atoms with Gasteiger partial charge in [0.05, 0.1) is 17.6 Å². The standard InChI is InChI=1S/C16H19ClF2N2O2.ClH/c17-12-3-1-2-4-14(12)23-11-5-7-21(8-6-11)15(22)13-9-16(18,19)10-20-13;/h1-4,11,13,20H,5-10H2;1H. The van der Waals surface area contributed by atoms with E-state index in [2.05, 4.69) is 5.32 Å². The first kappa shape index (κ1) is 19.2. The van der Waals surface area contributed by atoms with E-state index in [9.17, 15) is 13.6 Å². The predicted molar refractivity (Wildman–Crippen MR) is 90.3 cm³/mol. The van der Waals surface area contributed by atoms with Crippen molar-refractivity contribution < 1.29 is 18.3 Å². The number of hydrogen-bond acceptors (Lipinski definition) is 3. The van der Waals surface area contributed by atoms with Crippen LogP contribution in [0.3, 0.4) is 0 Å². The quantitative estimate of drug-likeness (QED) is 0.875. The fourth-order valence-electron chi connectivity index (χ4n) is 3.02. The maximum atomic E-state index is 13.2. The molecule has 3 rings (SSSR count). The highest BCUT2D eigenvalue weighted by molar-refractivity contribution is 6.32. The van der Waals surface area contributed by atoms with Crippen LogP contribution in [-0.4, -0.2) is 48.5 Å².